The number of nitrogens with zero attached hydrogens (tertiary/aromatic N) is 1. The Morgan fingerprint density at radius 3 is 2.93 bits per heavy atom. The molecular weight excluding hydrogens is 180 g/mol. The first kappa shape index (κ1) is 10.2. The Morgan fingerprint density at radius 1 is 1.71 bits per heavy atom. The molecule has 0 unspecified atom stereocenters. The third kappa shape index (κ3) is 2.58. The van der Waals surface area contributed by atoms with E-state index in [1.54, 1.807) is 25.1 Å². The van der Waals surface area contributed by atoms with Crippen molar-refractivity contribution >= 4 is 5.91 Å². The van der Waals surface area contributed by atoms with E-state index in [2.05, 4.69) is 17.1 Å². The molecule has 1 aromatic rings. The highest BCUT2D eigenvalue weighted by Crippen LogP contribution is 2.02. The Balaban J connectivity index is 2.63. The topological polar surface area (TPSA) is 55.1 Å². The minimum Gasteiger partial charge on any atom is -0.361 e. The van der Waals surface area contributed by atoms with E-state index >= 15 is 0 Å². The van der Waals surface area contributed by atoms with Crippen molar-refractivity contribution in [2.75, 3.05) is 0 Å². The first-order valence-electron chi connectivity index (χ1n) is 4.19. The van der Waals surface area contributed by atoms with E-state index in [9.17, 15) is 4.79 Å². The lowest BCUT2D eigenvalue weighted by molar-refractivity contribution is 0.0958. The first-order valence-corrected chi connectivity index (χ1v) is 4.19. The summed E-state index contributed by atoms with van der Waals surface area (Å²) in [6.45, 7) is 7.21. The summed E-state index contributed by atoms with van der Waals surface area (Å²) in [5.74, 6) is 0.289. The van der Waals surface area contributed by atoms with Crippen LogP contribution in [-0.4, -0.2) is 11.1 Å². The third-order valence-corrected chi connectivity index (χ3v) is 1.50. The smallest absolute Gasteiger partial charge is 0.277 e. The van der Waals surface area contributed by atoms with Gasteiger partial charge >= 0.3 is 0 Å². The van der Waals surface area contributed by atoms with Crippen LogP contribution in [0, 0.1) is 6.92 Å². The lowest BCUT2D eigenvalue weighted by atomic mass is 10.3. The summed E-state index contributed by atoms with van der Waals surface area (Å²) in [7, 11) is 0. The van der Waals surface area contributed by atoms with Crippen LogP contribution >= 0.6 is 0 Å². The molecule has 0 aliphatic carbocycles. The quantitative estimate of drug-likeness (QED) is 0.743. The number of aromatic nitrogens is 1. The predicted molar refractivity (Wildman–Crippen MR) is 52.7 cm³/mol. The van der Waals surface area contributed by atoms with Gasteiger partial charge in [-0.2, -0.15) is 0 Å². The summed E-state index contributed by atoms with van der Waals surface area (Å²) in [5.41, 5.74) is 0.784. The van der Waals surface area contributed by atoms with Crippen LogP contribution in [0.2, 0.25) is 0 Å². The van der Waals surface area contributed by atoms with Gasteiger partial charge in [0, 0.05) is 11.8 Å². The van der Waals surface area contributed by atoms with Gasteiger partial charge in [0.1, 0.15) is 5.76 Å². The van der Waals surface area contributed by atoms with E-state index in [4.69, 9.17) is 4.52 Å². The second-order valence-corrected chi connectivity index (χ2v) is 2.80. The van der Waals surface area contributed by atoms with Gasteiger partial charge in [-0.15, -0.1) is 0 Å². The Hall–Kier alpha value is -1.84. The van der Waals surface area contributed by atoms with Crippen molar-refractivity contribution in [1.29, 1.82) is 0 Å². The van der Waals surface area contributed by atoms with Crippen molar-refractivity contribution in [3.63, 3.8) is 0 Å². The van der Waals surface area contributed by atoms with Crippen LogP contribution in [-0.2, 0) is 0 Å². The molecule has 1 amide bonds. The molecule has 14 heavy (non-hydrogen) atoms. The van der Waals surface area contributed by atoms with E-state index in [1.165, 1.54) is 0 Å². The molecular formula is C10H12N2O2. The van der Waals surface area contributed by atoms with Crippen molar-refractivity contribution in [3.8, 4) is 0 Å². The number of amides is 1. The normalized spacial score (nSPS) is 10.4. The van der Waals surface area contributed by atoms with Gasteiger partial charge in [0.05, 0.1) is 0 Å². The average molecular weight is 192 g/mol. The van der Waals surface area contributed by atoms with Gasteiger partial charge in [-0.25, -0.2) is 0 Å². The van der Waals surface area contributed by atoms with Crippen molar-refractivity contribution in [2.45, 2.75) is 13.8 Å². The van der Waals surface area contributed by atoms with E-state index in [0.29, 0.717) is 11.5 Å². The molecule has 1 N–H and O–H groups in total. The van der Waals surface area contributed by atoms with Crippen LogP contribution in [0.5, 0.6) is 0 Å². The van der Waals surface area contributed by atoms with Crippen LogP contribution in [0.3, 0.4) is 0 Å². The maximum atomic E-state index is 11.4. The zero-order valence-electron chi connectivity index (χ0n) is 8.20. The van der Waals surface area contributed by atoms with E-state index in [-0.39, 0.29) is 11.6 Å². The lowest BCUT2D eigenvalue weighted by Gasteiger charge is -1.99. The Kier molecular flexibility index (Phi) is 3.23. The molecule has 74 valence electrons. The Bertz CT molecular complexity index is 377. The lowest BCUT2D eigenvalue weighted by Crippen LogP contribution is -2.21. The summed E-state index contributed by atoms with van der Waals surface area (Å²) >= 11 is 0. The number of nitrogens with one attached hydrogen (secondary N) is 1. The average Bonchev–Trinajstić information content (AvgIpc) is 2.52. The third-order valence-electron chi connectivity index (χ3n) is 1.50. The number of carbonyl (C=O) groups is 1. The standard InChI is InChI=1S/C10H12N2O2/c1-4-5-7(2)11-10(13)9-6-8(3)14-12-9/h4-6H,2H2,1,3H3,(H,11,13)/b5-4-. The number of carbonyl (C=O) groups excluding carboxylic acids is 1. The molecule has 0 fully saturated rings. The SMILES string of the molecule is C=C(/C=C\C)NC(=O)c1cc(C)on1. The molecule has 0 atom stereocenters. The molecule has 1 heterocycles. The highest BCUT2D eigenvalue weighted by atomic mass is 16.5. The second-order valence-electron chi connectivity index (χ2n) is 2.80. The maximum Gasteiger partial charge on any atom is 0.277 e. The van der Waals surface area contributed by atoms with Gasteiger partial charge < -0.3 is 9.84 Å². The minimum atomic E-state index is -0.315. The molecule has 0 saturated heterocycles. The van der Waals surface area contributed by atoms with Gasteiger partial charge in [0.25, 0.3) is 5.91 Å². The minimum absolute atomic E-state index is 0.258. The molecule has 4 heteroatoms. The first-order chi connectivity index (χ1) is 6.63. The number of allylic oxidation sites excluding steroid dienone is 2. The summed E-state index contributed by atoms with van der Waals surface area (Å²) < 4.78 is 4.77. The zero-order valence-corrected chi connectivity index (χ0v) is 8.20. The molecule has 0 aromatic carbocycles. The molecule has 4 nitrogen and oxygen atoms in total. The van der Waals surface area contributed by atoms with Crippen molar-refractivity contribution in [2.24, 2.45) is 0 Å². The molecule has 0 bridgehead atoms. The van der Waals surface area contributed by atoms with Gasteiger partial charge in [0.15, 0.2) is 5.69 Å². The molecule has 1 rings (SSSR count). The van der Waals surface area contributed by atoms with Crippen LogP contribution < -0.4 is 5.32 Å². The largest absolute Gasteiger partial charge is 0.361 e. The number of aryl methyl sites for hydroxylation is 1. The molecule has 0 aliphatic heterocycles. The molecule has 1 aromatic heterocycles. The summed E-state index contributed by atoms with van der Waals surface area (Å²) in [6.07, 6.45) is 3.49. The van der Waals surface area contributed by atoms with Gasteiger partial charge in [-0.05, 0) is 19.9 Å². The van der Waals surface area contributed by atoms with Crippen LogP contribution in [0.25, 0.3) is 0 Å². The number of rotatable bonds is 3. The number of hydrogen-bond acceptors (Lipinski definition) is 3. The monoisotopic (exact) mass is 192 g/mol. The molecule has 0 saturated carbocycles. The number of hydrogen-bond donors (Lipinski definition) is 1. The Morgan fingerprint density at radius 2 is 2.43 bits per heavy atom. The van der Waals surface area contributed by atoms with Crippen LogP contribution in [0.4, 0.5) is 0 Å². The molecule has 0 aliphatic rings. The molecule has 0 spiro atoms. The van der Waals surface area contributed by atoms with Gasteiger partial charge in [-0.1, -0.05) is 17.8 Å². The van der Waals surface area contributed by atoms with E-state index in [1.807, 2.05) is 6.92 Å². The van der Waals surface area contributed by atoms with E-state index < -0.39 is 0 Å². The van der Waals surface area contributed by atoms with E-state index in [0.717, 1.165) is 0 Å². The maximum absolute atomic E-state index is 11.4. The second kappa shape index (κ2) is 4.41. The summed E-state index contributed by atoms with van der Waals surface area (Å²) in [4.78, 5) is 11.4. The van der Waals surface area contributed by atoms with Crippen molar-refractivity contribution in [3.05, 3.63) is 41.9 Å². The van der Waals surface area contributed by atoms with Gasteiger partial charge in [0.2, 0.25) is 0 Å². The Labute approximate surface area is 82.3 Å². The van der Waals surface area contributed by atoms with Gasteiger partial charge in [-0.3, -0.25) is 4.79 Å². The van der Waals surface area contributed by atoms with Crippen molar-refractivity contribution < 1.29 is 9.32 Å². The molecule has 0 radical (unpaired) electrons. The fourth-order valence-electron chi connectivity index (χ4n) is 0.926. The predicted octanol–water partition coefficient (Wildman–Crippen LogP) is 1.80. The highest BCUT2D eigenvalue weighted by Gasteiger charge is 2.10. The summed E-state index contributed by atoms with van der Waals surface area (Å²) in [6, 6.07) is 1.57. The van der Waals surface area contributed by atoms with Crippen molar-refractivity contribution in [1.82, 2.24) is 10.5 Å². The summed E-state index contributed by atoms with van der Waals surface area (Å²) in [5, 5.41) is 6.14. The fraction of sp³-hybridized carbons (Fsp3) is 0.200. The fourth-order valence-corrected chi connectivity index (χ4v) is 0.926. The highest BCUT2D eigenvalue weighted by molar-refractivity contribution is 5.93. The van der Waals surface area contributed by atoms with Crippen LogP contribution in [0.1, 0.15) is 23.2 Å². The van der Waals surface area contributed by atoms with Crippen LogP contribution in [0.15, 0.2) is 35.0 Å². The zero-order chi connectivity index (χ0) is 10.6.